The number of β-amino-alcohol motifs (C(OH)–C–C–N with tert-alkyl or cyclic N) is 1. The van der Waals surface area contributed by atoms with Gasteiger partial charge >= 0.3 is 0 Å². The summed E-state index contributed by atoms with van der Waals surface area (Å²) < 4.78 is 10.9. The van der Waals surface area contributed by atoms with Gasteiger partial charge in [-0.3, -0.25) is 4.90 Å². The summed E-state index contributed by atoms with van der Waals surface area (Å²) in [5, 5.41) is 12.5. The van der Waals surface area contributed by atoms with E-state index < -0.39 is 6.10 Å². The Morgan fingerprint density at radius 3 is 3.08 bits per heavy atom. The molecule has 1 N–H and O–H groups in total. The van der Waals surface area contributed by atoms with Gasteiger partial charge in [-0.05, 0) is 48.1 Å². The lowest BCUT2D eigenvalue weighted by Gasteiger charge is -2.34. The number of rotatable bonds is 7. The summed E-state index contributed by atoms with van der Waals surface area (Å²) in [6.45, 7) is 4.69. The van der Waals surface area contributed by atoms with Gasteiger partial charge in [-0.2, -0.15) is 0 Å². The maximum atomic E-state index is 10.3. The van der Waals surface area contributed by atoms with E-state index in [0.29, 0.717) is 25.8 Å². The van der Waals surface area contributed by atoms with Crippen molar-refractivity contribution in [2.24, 2.45) is 0 Å². The molecule has 0 bridgehead atoms. The summed E-state index contributed by atoms with van der Waals surface area (Å²) in [4.78, 5) is 3.83. The van der Waals surface area contributed by atoms with Crippen molar-refractivity contribution in [1.82, 2.24) is 4.90 Å². The van der Waals surface area contributed by atoms with Crippen molar-refractivity contribution in [3.63, 3.8) is 0 Å². The van der Waals surface area contributed by atoms with Crippen LogP contribution in [0.5, 0.6) is 5.75 Å². The molecule has 0 radical (unpaired) electrons. The topological polar surface area (TPSA) is 41.9 Å². The van der Waals surface area contributed by atoms with E-state index >= 15 is 0 Å². The molecule has 4 nitrogen and oxygen atoms in total. The van der Waals surface area contributed by atoms with Crippen LogP contribution in [0.15, 0.2) is 35.7 Å². The minimum atomic E-state index is -0.474. The van der Waals surface area contributed by atoms with E-state index in [4.69, 9.17) is 9.47 Å². The van der Waals surface area contributed by atoms with Crippen molar-refractivity contribution >= 4 is 11.3 Å². The first-order chi connectivity index (χ1) is 11.7. The van der Waals surface area contributed by atoms with E-state index in [9.17, 15) is 5.11 Å². The predicted molar refractivity (Wildman–Crippen MR) is 96.7 cm³/mol. The minimum Gasteiger partial charge on any atom is -0.497 e. The molecule has 0 amide bonds. The summed E-state index contributed by atoms with van der Waals surface area (Å²) in [5.74, 6) is 0.824. The average molecular weight is 347 g/mol. The summed E-state index contributed by atoms with van der Waals surface area (Å²) in [6, 6.07) is 10.4. The van der Waals surface area contributed by atoms with Gasteiger partial charge in [0.25, 0.3) is 0 Å². The molecule has 0 aliphatic carbocycles. The fourth-order valence-electron chi connectivity index (χ4n) is 3.21. The molecule has 2 heterocycles. The van der Waals surface area contributed by atoms with Crippen LogP contribution >= 0.6 is 11.3 Å². The lowest BCUT2D eigenvalue weighted by Crippen LogP contribution is -2.40. The molecule has 3 rings (SSSR count). The van der Waals surface area contributed by atoms with Crippen LogP contribution in [0.2, 0.25) is 0 Å². The molecule has 0 fully saturated rings. The molecule has 0 unspecified atom stereocenters. The van der Waals surface area contributed by atoms with Crippen LogP contribution in [-0.2, 0) is 17.8 Å². The van der Waals surface area contributed by atoms with Crippen LogP contribution in [0, 0.1) is 0 Å². The number of ether oxygens (including phenoxy) is 2. The Kier molecular flexibility index (Phi) is 5.89. The molecule has 0 saturated heterocycles. The van der Waals surface area contributed by atoms with Gasteiger partial charge in [0.1, 0.15) is 5.75 Å². The van der Waals surface area contributed by atoms with Crippen molar-refractivity contribution < 1.29 is 14.6 Å². The summed E-state index contributed by atoms with van der Waals surface area (Å²) in [6.07, 6.45) is 0.604. The highest BCUT2D eigenvalue weighted by molar-refractivity contribution is 7.10. The Morgan fingerprint density at radius 2 is 2.25 bits per heavy atom. The van der Waals surface area contributed by atoms with Crippen molar-refractivity contribution in [1.29, 1.82) is 0 Å². The second-order valence-electron chi connectivity index (χ2n) is 6.24. The van der Waals surface area contributed by atoms with Crippen molar-refractivity contribution in [3.05, 3.63) is 51.7 Å². The molecule has 2 atom stereocenters. The van der Waals surface area contributed by atoms with Crippen molar-refractivity contribution in [2.75, 3.05) is 26.8 Å². The zero-order valence-corrected chi connectivity index (χ0v) is 15.1. The van der Waals surface area contributed by atoms with E-state index in [0.717, 1.165) is 24.3 Å². The Labute approximate surface area is 147 Å². The third kappa shape index (κ3) is 4.16. The molecule has 5 heteroatoms. The predicted octanol–water partition coefficient (Wildman–Crippen LogP) is 3.25. The van der Waals surface area contributed by atoms with Crippen molar-refractivity contribution in [3.8, 4) is 5.75 Å². The zero-order chi connectivity index (χ0) is 16.9. The lowest BCUT2D eigenvalue weighted by molar-refractivity contribution is 0.00222. The number of aliphatic hydroxyl groups excluding tert-OH is 1. The molecule has 0 spiro atoms. The standard InChI is InChI=1S/C19H25NO3S/c1-14-18-7-9-24-19(18)6-8-20(14)11-16(21)13-23-12-15-4-3-5-17(10-15)22-2/h3-5,7,9-10,14,16,21H,6,8,11-13H2,1-2H3/t14-,16+/m0/s1. The van der Waals surface area contributed by atoms with E-state index in [1.165, 1.54) is 10.4 Å². The van der Waals surface area contributed by atoms with E-state index in [-0.39, 0.29) is 0 Å². The van der Waals surface area contributed by atoms with Crippen LogP contribution in [0.4, 0.5) is 0 Å². The van der Waals surface area contributed by atoms with Gasteiger partial charge in [-0.15, -0.1) is 11.3 Å². The molecule has 130 valence electrons. The highest BCUT2D eigenvalue weighted by Gasteiger charge is 2.26. The van der Waals surface area contributed by atoms with Crippen LogP contribution < -0.4 is 4.74 Å². The van der Waals surface area contributed by atoms with Gasteiger partial charge in [0.15, 0.2) is 0 Å². The quantitative estimate of drug-likeness (QED) is 0.835. The fraction of sp³-hybridized carbons (Fsp3) is 0.474. The Balaban J connectivity index is 1.45. The van der Waals surface area contributed by atoms with Gasteiger partial charge in [0.2, 0.25) is 0 Å². The van der Waals surface area contributed by atoms with Gasteiger partial charge in [0, 0.05) is 24.0 Å². The smallest absolute Gasteiger partial charge is 0.119 e. The second-order valence-corrected chi connectivity index (χ2v) is 7.24. The fourth-order valence-corrected chi connectivity index (χ4v) is 4.17. The number of nitrogens with zero attached hydrogens (tertiary/aromatic N) is 1. The number of hydrogen-bond acceptors (Lipinski definition) is 5. The number of methoxy groups -OCH3 is 1. The largest absolute Gasteiger partial charge is 0.497 e. The SMILES string of the molecule is COc1cccc(COC[C@H](O)CN2CCc3sccc3[C@@H]2C)c1. The number of aliphatic hydroxyl groups is 1. The molecule has 0 saturated carbocycles. The van der Waals surface area contributed by atoms with Gasteiger partial charge in [-0.25, -0.2) is 0 Å². The summed E-state index contributed by atoms with van der Waals surface area (Å²) in [5.41, 5.74) is 2.46. The molecule has 1 aliphatic rings. The number of hydrogen-bond donors (Lipinski definition) is 1. The van der Waals surface area contributed by atoms with Crippen LogP contribution in [0.1, 0.15) is 29.0 Å². The van der Waals surface area contributed by atoms with Crippen LogP contribution in [0.3, 0.4) is 0 Å². The molecule has 2 aromatic rings. The monoisotopic (exact) mass is 347 g/mol. The first kappa shape index (κ1) is 17.4. The maximum Gasteiger partial charge on any atom is 0.119 e. The lowest BCUT2D eigenvalue weighted by atomic mass is 10.0. The average Bonchev–Trinajstić information content (AvgIpc) is 3.07. The Morgan fingerprint density at radius 1 is 1.38 bits per heavy atom. The van der Waals surface area contributed by atoms with E-state index in [1.807, 2.05) is 35.6 Å². The highest BCUT2D eigenvalue weighted by atomic mass is 32.1. The number of thiophene rings is 1. The van der Waals surface area contributed by atoms with Crippen LogP contribution in [0.25, 0.3) is 0 Å². The van der Waals surface area contributed by atoms with Gasteiger partial charge in [-0.1, -0.05) is 12.1 Å². The second kappa shape index (κ2) is 8.12. The third-order valence-electron chi connectivity index (χ3n) is 4.56. The maximum absolute atomic E-state index is 10.3. The van der Waals surface area contributed by atoms with Gasteiger partial charge in [0.05, 0.1) is 26.4 Å². The van der Waals surface area contributed by atoms with Crippen molar-refractivity contribution in [2.45, 2.75) is 32.1 Å². The molecular formula is C19H25NO3S. The molecule has 1 aromatic heterocycles. The zero-order valence-electron chi connectivity index (χ0n) is 14.3. The van der Waals surface area contributed by atoms with E-state index in [2.05, 4.69) is 23.3 Å². The molecule has 1 aliphatic heterocycles. The van der Waals surface area contributed by atoms with E-state index in [1.54, 1.807) is 7.11 Å². The third-order valence-corrected chi connectivity index (χ3v) is 5.56. The first-order valence-corrected chi connectivity index (χ1v) is 9.24. The molecule has 1 aromatic carbocycles. The first-order valence-electron chi connectivity index (χ1n) is 8.36. The molecule has 24 heavy (non-hydrogen) atoms. The molecular weight excluding hydrogens is 322 g/mol. The normalized spacial score (nSPS) is 19.0. The highest BCUT2D eigenvalue weighted by Crippen LogP contribution is 2.32. The summed E-state index contributed by atoms with van der Waals surface area (Å²) >= 11 is 1.84. The Bertz CT molecular complexity index is 658. The Hall–Kier alpha value is -1.40. The summed E-state index contributed by atoms with van der Waals surface area (Å²) in [7, 11) is 1.66. The minimum absolute atomic E-state index is 0.344. The number of benzene rings is 1. The van der Waals surface area contributed by atoms with Gasteiger partial charge < -0.3 is 14.6 Å². The number of fused-ring (bicyclic) bond motifs is 1. The van der Waals surface area contributed by atoms with Crippen LogP contribution in [-0.4, -0.2) is 42.9 Å².